The van der Waals surface area contributed by atoms with Crippen molar-refractivity contribution in [2.75, 3.05) is 0 Å². The van der Waals surface area contributed by atoms with Crippen LogP contribution in [0.1, 0.15) is 48.0 Å². The van der Waals surface area contributed by atoms with Crippen LogP contribution in [0.5, 0.6) is 0 Å². The van der Waals surface area contributed by atoms with Crippen LogP contribution in [0.4, 0.5) is 0 Å². The zero-order valence-electron chi connectivity index (χ0n) is 11.0. The second-order valence-corrected chi connectivity index (χ2v) is 6.69. The van der Waals surface area contributed by atoms with Gasteiger partial charge in [0.25, 0.3) is 0 Å². The number of aliphatic hydroxyl groups excluding tert-OH is 1. The Hall–Kier alpha value is -0.830. The van der Waals surface area contributed by atoms with Gasteiger partial charge in [-0.15, -0.1) is 0 Å². The van der Waals surface area contributed by atoms with Crippen LogP contribution in [0.15, 0.2) is 46.9 Å². The molecule has 3 rings (SSSR count). The third-order valence-electron chi connectivity index (χ3n) is 4.09. The lowest BCUT2D eigenvalue weighted by Gasteiger charge is -2.26. The molecular formula is C17H16BrClO. The van der Waals surface area contributed by atoms with Gasteiger partial charge in [-0.2, -0.15) is 0 Å². The van der Waals surface area contributed by atoms with Gasteiger partial charge >= 0.3 is 0 Å². The molecule has 0 heterocycles. The van der Waals surface area contributed by atoms with Crippen molar-refractivity contribution in [1.82, 2.24) is 0 Å². The van der Waals surface area contributed by atoms with E-state index in [0.29, 0.717) is 5.02 Å². The molecule has 1 atom stereocenters. The highest BCUT2D eigenvalue weighted by molar-refractivity contribution is 9.10. The first-order valence-electron chi connectivity index (χ1n) is 6.88. The minimum atomic E-state index is -0.675. The molecule has 0 bridgehead atoms. The van der Waals surface area contributed by atoms with Crippen LogP contribution in [-0.4, -0.2) is 5.11 Å². The summed E-state index contributed by atoms with van der Waals surface area (Å²) in [4.78, 5) is 0. The molecule has 0 radical (unpaired) electrons. The van der Waals surface area contributed by atoms with Gasteiger partial charge in [-0.3, -0.25) is 0 Å². The van der Waals surface area contributed by atoms with Crippen molar-refractivity contribution in [3.05, 3.63) is 68.7 Å². The molecule has 0 aliphatic heterocycles. The SMILES string of the molecule is OC(c1ccc(C2CCC2)cc1)c1ccc(Br)cc1Cl. The van der Waals surface area contributed by atoms with Crippen molar-refractivity contribution in [3.63, 3.8) is 0 Å². The molecule has 1 aliphatic carbocycles. The molecule has 0 aromatic heterocycles. The highest BCUT2D eigenvalue weighted by Gasteiger charge is 2.20. The Morgan fingerprint density at radius 1 is 1.10 bits per heavy atom. The zero-order valence-corrected chi connectivity index (χ0v) is 13.4. The second kappa shape index (κ2) is 5.88. The van der Waals surface area contributed by atoms with E-state index in [9.17, 15) is 5.11 Å². The molecular weight excluding hydrogens is 336 g/mol. The molecule has 20 heavy (non-hydrogen) atoms. The summed E-state index contributed by atoms with van der Waals surface area (Å²) in [5, 5.41) is 11.0. The van der Waals surface area contributed by atoms with Gasteiger partial charge in [-0.25, -0.2) is 0 Å². The smallest absolute Gasteiger partial charge is 0.105 e. The van der Waals surface area contributed by atoms with E-state index in [0.717, 1.165) is 21.5 Å². The first kappa shape index (κ1) is 14.1. The minimum absolute atomic E-state index is 0.579. The summed E-state index contributed by atoms with van der Waals surface area (Å²) in [6.07, 6.45) is 3.25. The third-order valence-corrected chi connectivity index (χ3v) is 4.91. The van der Waals surface area contributed by atoms with E-state index in [2.05, 4.69) is 28.1 Å². The van der Waals surface area contributed by atoms with Gasteiger partial charge in [0.15, 0.2) is 0 Å². The van der Waals surface area contributed by atoms with Gasteiger partial charge in [-0.1, -0.05) is 64.3 Å². The first-order valence-corrected chi connectivity index (χ1v) is 8.05. The van der Waals surface area contributed by atoms with Gasteiger partial charge in [0.05, 0.1) is 0 Å². The Morgan fingerprint density at radius 3 is 2.35 bits per heavy atom. The molecule has 3 heteroatoms. The predicted octanol–water partition coefficient (Wildman–Crippen LogP) is 5.45. The highest BCUT2D eigenvalue weighted by atomic mass is 79.9. The van der Waals surface area contributed by atoms with Crippen molar-refractivity contribution in [2.24, 2.45) is 0 Å². The molecule has 1 fully saturated rings. The average Bonchev–Trinajstić information content (AvgIpc) is 2.37. The topological polar surface area (TPSA) is 20.2 Å². The Morgan fingerprint density at radius 2 is 1.80 bits per heavy atom. The number of hydrogen-bond donors (Lipinski definition) is 1. The number of halogens is 2. The van der Waals surface area contributed by atoms with Crippen LogP contribution >= 0.6 is 27.5 Å². The van der Waals surface area contributed by atoms with E-state index in [1.165, 1.54) is 24.8 Å². The van der Waals surface area contributed by atoms with E-state index < -0.39 is 6.10 Å². The summed E-state index contributed by atoms with van der Waals surface area (Å²) >= 11 is 9.57. The second-order valence-electron chi connectivity index (χ2n) is 5.36. The zero-order chi connectivity index (χ0) is 14.1. The Labute approximate surface area is 132 Å². The lowest BCUT2D eigenvalue weighted by atomic mass is 9.80. The molecule has 104 valence electrons. The fraction of sp³-hybridized carbons (Fsp3) is 0.294. The van der Waals surface area contributed by atoms with Crippen molar-refractivity contribution < 1.29 is 5.11 Å². The molecule has 1 saturated carbocycles. The monoisotopic (exact) mass is 350 g/mol. The van der Waals surface area contributed by atoms with Crippen LogP contribution in [0.3, 0.4) is 0 Å². The Bertz CT molecular complexity index is 605. The molecule has 0 saturated heterocycles. The molecule has 0 amide bonds. The normalized spacial score (nSPS) is 16.8. The van der Waals surface area contributed by atoms with E-state index in [-0.39, 0.29) is 0 Å². The van der Waals surface area contributed by atoms with E-state index in [1.54, 1.807) is 0 Å². The quantitative estimate of drug-likeness (QED) is 0.779. The molecule has 1 aliphatic rings. The summed E-state index contributed by atoms with van der Waals surface area (Å²) < 4.78 is 0.916. The highest BCUT2D eigenvalue weighted by Crippen LogP contribution is 2.37. The standard InChI is InChI=1S/C17H16BrClO/c18-14-8-9-15(16(19)10-14)17(20)13-6-4-12(5-7-13)11-2-1-3-11/h4-11,17,20H,1-3H2. The van der Waals surface area contributed by atoms with Gasteiger partial charge in [0.2, 0.25) is 0 Å². The third kappa shape index (κ3) is 2.78. The summed E-state index contributed by atoms with van der Waals surface area (Å²) in [5.74, 6) is 0.720. The molecule has 1 nitrogen and oxygen atoms in total. The summed E-state index contributed by atoms with van der Waals surface area (Å²) in [5.41, 5.74) is 3.01. The van der Waals surface area contributed by atoms with Gasteiger partial charge < -0.3 is 5.11 Å². The number of rotatable bonds is 3. The van der Waals surface area contributed by atoms with Crippen molar-refractivity contribution in [2.45, 2.75) is 31.3 Å². The molecule has 0 spiro atoms. The van der Waals surface area contributed by atoms with E-state index in [4.69, 9.17) is 11.6 Å². The molecule has 1 unspecified atom stereocenters. The minimum Gasteiger partial charge on any atom is -0.384 e. The Kier molecular flexibility index (Phi) is 4.16. The predicted molar refractivity (Wildman–Crippen MR) is 86.2 cm³/mol. The fourth-order valence-corrected chi connectivity index (χ4v) is 3.37. The lowest BCUT2D eigenvalue weighted by Crippen LogP contribution is -2.09. The summed E-state index contributed by atoms with van der Waals surface area (Å²) in [7, 11) is 0. The van der Waals surface area contributed by atoms with Crippen LogP contribution in [-0.2, 0) is 0 Å². The van der Waals surface area contributed by atoms with Gasteiger partial charge in [-0.05, 0) is 42.0 Å². The van der Waals surface area contributed by atoms with Crippen LogP contribution < -0.4 is 0 Å². The van der Waals surface area contributed by atoms with Gasteiger partial charge in [0, 0.05) is 15.1 Å². The maximum absolute atomic E-state index is 10.5. The average molecular weight is 352 g/mol. The number of aliphatic hydroxyl groups is 1. The van der Waals surface area contributed by atoms with Crippen molar-refractivity contribution >= 4 is 27.5 Å². The molecule has 2 aromatic carbocycles. The van der Waals surface area contributed by atoms with E-state index in [1.807, 2.05) is 30.3 Å². The van der Waals surface area contributed by atoms with Gasteiger partial charge in [0.1, 0.15) is 6.10 Å². The van der Waals surface area contributed by atoms with Crippen molar-refractivity contribution in [3.8, 4) is 0 Å². The fourth-order valence-electron chi connectivity index (χ4n) is 2.59. The number of benzene rings is 2. The van der Waals surface area contributed by atoms with Crippen LogP contribution in [0, 0.1) is 0 Å². The van der Waals surface area contributed by atoms with E-state index >= 15 is 0 Å². The first-order chi connectivity index (χ1) is 9.65. The van der Waals surface area contributed by atoms with Crippen LogP contribution in [0.25, 0.3) is 0 Å². The summed E-state index contributed by atoms with van der Waals surface area (Å²) in [6, 6.07) is 13.9. The largest absolute Gasteiger partial charge is 0.384 e. The Balaban J connectivity index is 1.84. The van der Waals surface area contributed by atoms with Crippen molar-refractivity contribution in [1.29, 1.82) is 0 Å². The maximum Gasteiger partial charge on any atom is 0.105 e. The summed E-state index contributed by atoms with van der Waals surface area (Å²) in [6.45, 7) is 0. The van der Waals surface area contributed by atoms with Crippen LogP contribution in [0.2, 0.25) is 5.02 Å². The maximum atomic E-state index is 10.5. The lowest BCUT2D eigenvalue weighted by molar-refractivity contribution is 0.220. The number of hydrogen-bond acceptors (Lipinski definition) is 1. The molecule has 1 N–H and O–H groups in total. The molecule has 2 aromatic rings.